The van der Waals surface area contributed by atoms with Crippen LogP contribution in [0.1, 0.15) is 75.6 Å². The minimum absolute atomic E-state index is 0.0316. The molecule has 0 aromatic heterocycles. The SMILES string of the molecule is C=C1C2=C(C)[C@]3(C)C(O)=C(C(C)=O)C(=O)C[C@]3(C)C[C@]2(C)Cc2c(-c3ccc(C4C=CC=C4)cc3)ccc(C)c21. The first-order valence-corrected chi connectivity index (χ1v) is 14.3. The van der Waals surface area contributed by atoms with E-state index >= 15 is 0 Å². The van der Waals surface area contributed by atoms with Crippen LogP contribution in [-0.4, -0.2) is 16.7 Å². The molecule has 4 aliphatic carbocycles. The van der Waals surface area contributed by atoms with E-state index in [1.807, 2.05) is 6.92 Å². The van der Waals surface area contributed by atoms with Gasteiger partial charge in [0.25, 0.3) is 0 Å². The van der Waals surface area contributed by atoms with Crippen LogP contribution in [0.4, 0.5) is 0 Å². The molecule has 0 fully saturated rings. The molecule has 204 valence electrons. The van der Waals surface area contributed by atoms with E-state index in [9.17, 15) is 14.7 Å². The van der Waals surface area contributed by atoms with Gasteiger partial charge in [0.1, 0.15) is 5.76 Å². The minimum atomic E-state index is -0.818. The van der Waals surface area contributed by atoms with E-state index in [1.54, 1.807) is 0 Å². The van der Waals surface area contributed by atoms with E-state index in [-0.39, 0.29) is 34.7 Å². The van der Waals surface area contributed by atoms with Crippen LogP contribution < -0.4 is 0 Å². The van der Waals surface area contributed by atoms with Crippen LogP contribution in [-0.2, 0) is 16.0 Å². The van der Waals surface area contributed by atoms with E-state index in [0.29, 0.717) is 5.92 Å². The summed E-state index contributed by atoms with van der Waals surface area (Å²) < 4.78 is 0. The fourth-order valence-corrected chi connectivity index (χ4v) is 8.61. The molecule has 2 aromatic carbocycles. The van der Waals surface area contributed by atoms with E-state index in [4.69, 9.17) is 0 Å². The maximum atomic E-state index is 13.2. The lowest BCUT2D eigenvalue weighted by Gasteiger charge is -2.60. The van der Waals surface area contributed by atoms with Crippen molar-refractivity contribution in [3.05, 3.63) is 112 Å². The van der Waals surface area contributed by atoms with Crippen LogP contribution in [0.25, 0.3) is 16.7 Å². The summed E-state index contributed by atoms with van der Waals surface area (Å²) in [5.74, 6) is -0.346. The summed E-state index contributed by atoms with van der Waals surface area (Å²) in [7, 11) is 0. The molecule has 1 N–H and O–H groups in total. The average Bonchev–Trinajstić information content (AvgIpc) is 3.41. The maximum Gasteiger partial charge on any atom is 0.170 e. The van der Waals surface area contributed by atoms with E-state index in [1.165, 1.54) is 45.9 Å². The molecule has 3 heteroatoms. The Morgan fingerprint density at radius 1 is 0.975 bits per heavy atom. The molecule has 0 aliphatic heterocycles. The number of ketones is 2. The van der Waals surface area contributed by atoms with Gasteiger partial charge < -0.3 is 5.11 Å². The number of aryl methyl sites for hydroxylation is 1. The molecule has 2 aromatic rings. The van der Waals surface area contributed by atoms with Crippen molar-refractivity contribution in [3.8, 4) is 11.1 Å². The molecule has 4 aliphatic rings. The topological polar surface area (TPSA) is 54.4 Å². The number of aliphatic hydroxyl groups excluding tert-OH is 1. The molecule has 0 bridgehead atoms. The standard InChI is InChI=1S/C37H38O3/c1-21-12-17-28(27-15-13-26(14-16-27)25-10-8-9-11-25)29-18-35(5)20-36(6)19-30(39)32(24(4)38)34(40)37(36,7)23(3)33(35)22(2)31(21)29/h8-17,25,40H,2,18-20H2,1,3-7H3/t35-,36+,37+/m0/s1. The number of hydrogen-bond acceptors (Lipinski definition) is 3. The summed E-state index contributed by atoms with van der Waals surface area (Å²) in [4.78, 5) is 25.7. The third kappa shape index (κ3) is 3.43. The summed E-state index contributed by atoms with van der Waals surface area (Å²) >= 11 is 0. The molecule has 0 unspecified atom stereocenters. The quantitative estimate of drug-likeness (QED) is 0.405. The van der Waals surface area contributed by atoms with Gasteiger partial charge in [-0.3, -0.25) is 9.59 Å². The highest BCUT2D eigenvalue weighted by Crippen LogP contribution is 2.68. The minimum Gasteiger partial charge on any atom is -0.510 e. The van der Waals surface area contributed by atoms with Gasteiger partial charge in [-0.2, -0.15) is 0 Å². The molecule has 3 atom stereocenters. The highest BCUT2D eigenvalue weighted by molar-refractivity contribution is 6.20. The van der Waals surface area contributed by atoms with E-state index in [0.717, 1.165) is 24.0 Å². The summed E-state index contributed by atoms with van der Waals surface area (Å²) in [6.07, 6.45) is 10.4. The highest BCUT2D eigenvalue weighted by Gasteiger charge is 2.62. The smallest absolute Gasteiger partial charge is 0.170 e. The van der Waals surface area contributed by atoms with E-state index in [2.05, 4.69) is 95.0 Å². The number of Topliss-reactive ketones (excluding diaryl/α,β-unsaturated/α-hetero) is 2. The normalized spacial score (nSPS) is 29.6. The maximum absolute atomic E-state index is 13.2. The summed E-state index contributed by atoms with van der Waals surface area (Å²) in [5.41, 5.74) is 8.92. The monoisotopic (exact) mass is 530 g/mol. The zero-order chi connectivity index (χ0) is 28.8. The Bertz CT molecular complexity index is 1630. The molecule has 0 radical (unpaired) electrons. The predicted octanol–water partition coefficient (Wildman–Crippen LogP) is 8.55. The number of aliphatic hydroxyl groups is 1. The number of fused-ring (bicyclic) bond motifs is 3. The van der Waals surface area contributed by atoms with Gasteiger partial charge in [-0.15, -0.1) is 0 Å². The van der Waals surface area contributed by atoms with Crippen molar-refractivity contribution in [2.75, 3.05) is 0 Å². The Labute approximate surface area is 237 Å². The molecule has 0 saturated carbocycles. The zero-order valence-corrected chi connectivity index (χ0v) is 24.4. The van der Waals surface area contributed by atoms with Gasteiger partial charge in [-0.25, -0.2) is 0 Å². The molecule has 0 spiro atoms. The van der Waals surface area contributed by atoms with Crippen LogP contribution in [0.5, 0.6) is 0 Å². The van der Waals surface area contributed by atoms with Crippen molar-refractivity contribution in [2.24, 2.45) is 16.2 Å². The van der Waals surface area contributed by atoms with Gasteiger partial charge in [0.15, 0.2) is 11.6 Å². The lowest BCUT2D eigenvalue weighted by molar-refractivity contribution is -0.127. The molecule has 40 heavy (non-hydrogen) atoms. The largest absolute Gasteiger partial charge is 0.510 e. The van der Waals surface area contributed by atoms with Crippen molar-refractivity contribution in [1.29, 1.82) is 0 Å². The Hall–Kier alpha value is -3.72. The van der Waals surface area contributed by atoms with Gasteiger partial charge in [0, 0.05) is 12.3 Å². The van der Waals surface area contributed by atoms with Gasteiger partial charge in [0.2, 0.25) is 0 Å². The van der Waals surface area contributed by atoms with Crippen molar-refractivity contribution in [1.82, 2.24) is 0 Å². The lowest BCUT2D eigenvalue weighted by atomic mass is 9.43. The van der Waals surface area contributed by atoms with Gasteiger partial charge >= 0.3 is 0 Å². The molecular weight excluding hydrogens is 492 g/mol. The predicted molar refractivity (Wildman–Crippen MR) is 162 cm³/mol. The molecule has 0 amide bonds. The van der Waals surface area contributed by atoms with Crippen LogP contribution >= 0.6 is 0 Å². The summed E-state index contributed by atoms with van der Waals surface area (Å²) in [6, 6.07) is 13.3. The fraction of sp³-hybridized carbons (Fsp3) is 0.351. The van der Waals surface area contributed by atoms with Gasteiger partial charge in [-0.05, 0) is 95.9 Å². The fourth-order valence-electron chi connectivity index (χ4n) is 8.61. The second kappa shape index (κ2) is 8.64. The highest BCUT2D eigenvalue weighted by atomic mass is 16.3. The van der Waals surface area contributed by atoms with Crippen LogP contribution in [0.3, 0.4) is 0 Å². The zero-order valence-electron chi connectivity index (χ0n) is 24.4. The number of benzene rings is 2. The Balaban J connectivity index is 1.53. The van der Waals surface area contributed by atoms with Crippen LogP contribution in [0.15, 0.2) is 89.8 Å². The molecule has 6 rings (SSSR count). The van der Waals surface area contributed by atoms with Crippen molar-refractivity contribution in [2.45, 2.75) is 66.7 Å². The van der Waals surface area contributed by atoms with Crippen LogP contribution in [0, 0.1) is 23.2 Å². The summed E-state index contributed by atoms with van der Waals surface area (Å²) in [5, 5.41) is 11.6. The molecule has 0 heterocycles. The van der Waals surface area contributed by atoms with Gasteiger partial charge in [-0.1, -0.05) is 86.7 Å². The van der Waals surface area contributed by atoms with E-state index < -0.39 is 10.8 Å². The molecular formula is C37H38O3. The van der Waals surface area contributed by atoms with Crippen LogP contribution in [0.2, 0.25) is 0 Å². The first kappa shape index (κ1) is 26.5. The molecule has 0 saturated heterocycles. The van der Waals surface area contributed by atoms with Crippen molar-refractivity contribution in [3.63, 3.8) is 0 Å². The summed E-state index contributed by atoms with van der Waals surface area (Å²) in [6.45, 7) is 16.7. The Morgan fingerprint density at radius 3 is 2.25 bits per heavy atom. The number of carbonyl (C=O) groups is 2. The molecule has 3 nitrogen and oxygen atoms in total. The number of rotatable bonds is 3. The number of allylic oxidation sites excluding steroid dienone is 8. The second-order valence-electron chi connectivity index (χ2n) is 13.2. The Kier molecular flexibility index (Phi) is 5.72. The van der Waals surface area contributed by atoms with Crippen molar-refractivity contribution < 1.29 is 14.7 Å². The number of carbonyl (C=O) groups excluding carboxylic acids is 2. The second-order valence-corrected chi connectivity index (χ2v) is 13.2. The first-order chi connectivity index (χ1) is 18.8. The van der Waals surface area contributed by atoms with Gasteiger partial charge in [0.05, 0.1) is 11.0 Å². The average molecular weight is 531 g/mol. The third-order valence-corrected chi connectivity index (χ3v) is 10.7. The van der Waals surface area contributed by atoms with Crippen molar-refractivity contribution >= 4 is 17.1 Å². The third-order valence-electron chi connectivity index (χ3n) is 10.7. The number of hydrogen-bond donors (Lipinski definition) is 1. The Morgan fingerprint density at radius 2 is 1.62 bits per heavy atom. The first-order valence-electron chi connectivity index (χ1n) is 14.3. The lowest BCUT2D eigenvalue weighted by Crippen LogP contribution is -2.54.